The first kappa shape index (κ1) is 21.2. The smallest absolute Gasteiger partial charge is 0.242 e. The third-order valence-corrected chi connectivity index (χ3v) is 5.14. The number of carbonyl (C=O) groups excluding carboxylic acids is 1. The van der Waals surface area contributed by atoms with E-state index in [0.29, 0.717) is 0 Å². The fraction of sp³-hybridized carbons (Fsp3) is 0.611. The minimum Gasteiger partial charge on any atom is -0.339 e. The molecule has 3 rings (SSSR count). The first-order valence-corrected chi connectivity index (χ1v) is 8.52. The Labute approximate surface area is 157 Å². The highest BCUT2D eigenvalue weighted by molar-refractivity contribution is 5.86. The number of benzene rings is 1. The van der Waals surface area contributed by atoms with Gasteiger partial charge in [-0.25, -0.2) is 0 Å². The molecule has 1 saturated heterocycles. The van der Waals surface area contributed by atoms with Crippen LogP contribution in [0.3, 0.4) is 0 Å². The molecule has 1 aromatic carbocycles. The largest absolute Gasteiger partial charge is 0.339 e. The van der Waals surface area contributed by atoms with Gasteiger partial charge in [0.2, 0.25) is 5.91 Å². The predicted molar refractivity (Wildman–Crippen MR) is 103 cm³/mol. The van der Waals surface area contributed by atoms with E-state index in [1.54, 1.807) is 0 Å². The number of carbonyl (C=O) groups is 1. The van der Waals surface area contributed by atoms with E-state index in [-0.39, 0.29) is 30.7 Å². The summed E-state index contributed by atoms with van der Waals surface area (Å²) < 4.78 is 0. The maximum Gasteiger partial charge on any atom is 0.242 e. The van der Waals surface area contributed by atoms with Gasteiger partial charge in [0.25, 0.3) is 0 Å². The molecule has 0 bridgehead atoms. The normalized spacial score (nSPS) is 20.1. The second-order valence-electron chi connectivity index (χ2n) is 6.73. The van der Waals surface area contributed by atoms with E-state index in [0.717, 1.165) is 64.8 Å². The summed E-state index contributed by atoms with van der Waals surface area (Å²) in [5.41, 5.74) is 7.12. The number of amides is 1. The van der Waals surface area contributed by atoms with Gasteiger partial charge in [-0.3, -0.25) is 9.69 Å². The Kier molecular flexibility index (Phi) is 8.51. The van der Waals surface area contributed by atoms with Crippen LogP contribution >= 0.6 is 24.8 Å². The van der Waals surface area contributed by atoms with Gasteiger partial charge in [-0.05, 0) is 24.8 Å². The van der Waals surface area contributed by atoms with Crippen molar-refractivity contribution < 1.29 is 4.79 Å². The van der Waals surface area contributed by atoms with Crippen LogP contribution in [0.4, 0.5) is 0 Å². The number of rotatable bonds is 4. The molecule has 4 nitrogen and oxygen atoms in total. The molecule has 6 heteroatoms. The van der Waals surface area contributed by atoms with Crippen LogP contribution in [0.2, 0.25) is 0 Å². The van der Waals surface area contributed by atoms with Gasteiger partial charge in [0.15, 0.2) is 0 Å². The van der Waals surface area contributed by atoms with Crippen LogP contribution in [0, 0.1) is 0 Å². The molecule has 0 atom stereocenters. The van der Waals surface area contributed by atoms with Crippen molar-refractivity contribution >= 4 is 30.7 Å². The lowest BCUT2D eigenvalue weighted by Gasteiger charge is -2.38. The molecule has 1 amide bonds. The van der Waals surface area contributed by atoms with Crippen LogP contribution < -0.4 is 5.73 Å². The van der Waals surface area contributed by atoms with Gasteiger partial charge in [-0.1, -0.05) is 43.2 Å². The van der Waals surface area contributed by atoms with Crippen LogP contribution in [0.25, 0.3) is 0 Å². The summed E-state index contributed by atoms with van der Waals surface area (Å²) in [5.74, 6) is 0.188. The topological polar surface area (TPSA) is 49.6 Å². The first-order valence-electron chi connectivity index (χ1n) is 8.52. The van der Waals surface area contributed by atoms with Gasteiger partial charge in [0.05, 0.1) is 5.54 Å². The molecule has 24 heavy (non-hydrogen) atoms. The highest BCUT2D eigenvalue weighted by Crippen LogP contribution is 2.29. The van der Waals surface area contributed by atoms with Crippen LogP contribution in [-0.4, -0.2) is 54.0 Å². The Hall–Kier alpha value is -0.810. The number of nitrogens with two attached hydrogens (primary N) is 1. The lowest BCUT2D eigenvalue weighted by molar-refractivity contribution is -0.138. The Balaban J connectivity index is 0.00000144. The van der Waals surface area contributed by atoms with Crippen LogP contribution in [0.5, 0.6) is 0 Å². The second-order valence-corrected chi connectivity index (χ2v) is 6.73. The third-order valence-electron chi connectivity index (χ3n) is 5.14. The summed E-state index contributed by atoms with van der Waals surface area (Å²) in [7, 11) is 0. The molecule has 1 aliphatic heterocycles. The van der Waals surface area contributed by atoms with Crippen molar-refractivity contribution in [2.45, 2.75) is 37.6 Å². The van der Waals surface area contributed by atoms with Gasteiger partial charge in [-0.15, -0.1) is 24.8 Å². The molecule has 0 aromatic heterocycles. The van der Waals surface area contributed by atoms with Gasteiger partial charge in [0, 0.05) is 32.7 Å². The Bertz CT molecular complexity index is 498. The first-order chi connectivity index (χ1) is 10.7. The fourth-order valence-corrected chi connectivity index (χ4v) is 3.64. The van der Waals surface area contributed by atoms with Crippen molar-refractivity contribution in [2.24, 2.45) is 5.73 Å². The van der Waals surface area contributed by atoms with E-state index in [9.17, 15) is 4.79 Å². The number of nitrogens with zero attached hydrogens (tertiary/aromatic N) is 2. The van der Waals surface area contributed by atoms with Crippen molar-refractivity contribution in [3.63, 3.8) is 0 Å². The van der Waals surface area contributed by atoms with Crippen LogP contribution in [0.15, 0.2) is 30.3 Å². The van der Waals surface area contributed by atoms with E-state index in [2.05, 4.69) is 35.2 Å². The predicted octanol–water partition coefficient (Wildman–Crippen LogP) is 2.49. The molecular formula is C18H29Cl2N3O. The average Bonchev–Trinajstić information content (AvgIpc) is 3.02. The van der Waals surface area contributed by atoms with E-state index in [1.807, 2.05) is 4.90 Å². The SMILES string of the molecule is Cl.Cl.NC1(C(=O)N2CCN(CCc3ccccc3)CC2)CCCC1. The summed E-state index contributed by atoms with van der Waals surface area (Å²) in [4.78, 5) is 17.0. The lowest BCUT2D eigenvalue weighted by Crippen LogP contribution is -2.58. The summed E-state index contributed by atoms with van der Waals surface area (Å²) in [5, 5.41) is 0. The van der Waals surface area contributed by atoms with Crippen molar-refractivity contribution in [2.75, 3.05) is 32.7 Å². The zero-order valence-electron chi connectivity index (χ0n) is 14.2. The van der Waals surface area contributed by atoms with Gasteiger partial charge < -0.3 is 10.6 Å². The number of hydrogen-bond donors (Lipinski definition) is 1. The van der Waals surface area contributed by atoms with Crippen LogP contribution in [-0.2, 0) is 11.2 Å². The molecule has 0 spiro atoms. The zero-order valence-corrected chi connectivity index (χ0v) is 15.8. The average molecular weight is 374 g/mol. The fourth-order valence-electron chi connectivity index (χ4n) is 3.64. The molecule has 0 unspecified atom stereocenters. The summed E-state index contributed by atoms with van der Waals surface area (Å²) in [6.07, 6.45) is 4.99. The maximum atomic E-state index is 12.6. The Morgan fingerprint density at radius 2 is 1.58 bits per heavy atom. The van der Waals surface area contributed by atoms with Crippen molar-refractivity contribution in [1.29, 1.82) is 0 Å². The highest BCUT2D eigenvalue weighted by Gasteiger charge is 2.40. The van der Waals surface area contributed by atoms with E-state index in [4.69, 9.17) is 5.73 Å². The summed E-state index contributed by atoms with van der Waals surface area (Å²) >= 11 is 0. The molecule has 2 N–H and O–H groups in total. The van der Waals surface area contributed by atoms with Crippen LogP contribution in [0.1, 0.15) is 31.2 Å². The highest BCUT2D eigenvalue weighted by atomic mass is 35.5. The minimum absolute atomic E-state index is 0. The standard InChI is InChI=1S/C18H27N3O.2ClH/c19-18(9-4-5-10-18)17(22)21-14-12-20(13-15-21)11-8-16-6-2-1-3-7-16;;/h1-3,6-7H,4-5,8-15,19H2;2*1H. The molecule has 1 aliphatic carbocycles. The van der Waals surface area contributed by atoms with E-state index in [1.165, 1.54) is 5.56 Å². The molecular weight excluding hydrogens is 345 g/mol. The zero-order chi connectivity index (χ0) is 15.4. The molecule has 1 aromatic rings. The van der Waals surface area contributed by atoms with Crippen molar-refractivity contribution in [1.82, 2.24) is 9.80 Å². The van der Waals surface area contributed by atoms with Crippen molar-refractivity contribution in [3.05, 3.63) is 35.9 Å². The second kappa shape index (κ2) is 9.62. The molecule has 1 saturated carbocycles. The molecule has 1 heterocycles. The third kappa shape index (κ3) is 5.09. The van der Waals surface area contributed by atoms with Gasteiger partial charge in [0.1, 0.15) is 0 Å². The molecule has 2 aliphatic rings. The number of hydrogen-bond acceptors (Lipinski definition) is 3. The van der Waals surface area contributed by atoms with E-state index < -0.39 is 5.54 Å². The number of piperazine rings is 1. The van der Waals surface area contributed by atoms with Crippen molar-refractivity contribution in [3.8, 4) is 0 Å². The van der Waals surface area contributed by atoms with E-state index >= 15 is 0 Å². The lowest BCUT2D eigenvalue weighted by atomic mass is 9.97. The maximum absolute atomic E-state index is 12.6. The van der Waals surface area contributed by atoms with Gasteiger partial charge >= 0.3 is 0 Å². The molecule has 2 fully saturated rings. The monoisotopic (exact) mass is 373 g/mol. The van der Waals surface area contributed by atoms with Gasteiger partial charge in [-0.2, -0.15) is 0 Å². The Morgan fingerprint density at radius 3 is 2.17 bits per heavy atom. The summed E-state index contributed by atoms with van der Waals surface area (Å²) in [6, 6.07) is 10.6. The minimum atomic E-state index is -0.563. The number of halogens is 2. The molecule has 136 valence electrons. The Morgan fingerprint density at radius 1 is 1.00 bits per heavy atom. The quantitative estimate of drug-likeness (QED) is 0.881. The summed E-state index contributed by atoms with van der Waals surface area (Å²) in [6.45, 7) is 4.66. The molecule has 0 radical (unpaired) electrons.